The first-order valence-electron chi connectivity index (χ1n) is 6.09. The van der Waals surface area contributed by atoms with Crippen LogP contribution in [0, 0.1) is 0 Å². The molecule has 2 unspecified atom stereocenters. The molecule has 2 heterocycles. The van der Waals surface area contributed by atoms with Crippen LogP contribution in [-0.4, -0.2) is 71.8 Å². The van der Waals surface area contributed by atoms with Crippen molar-refractivity contribution in [2.24, 2.45) is 0 Å². The fourth-order valence-corrected chi connectivity index (χ4v) is 3.16. The lowest BCUT2D eigenvalue weighted by atomic mass is 10.1. The summed E-state index contributed by atoms with van der Waals surface area (Å²) in [4.78, 5) is 24.8. The van der Waals surface area contributed by atoms with E-state index in [0.29, 0.717) is 19.8 Å². The van der Waals surface area contributed by atoms with Gasteiger partial charge in [0, 0.05) is 24.6 Å². The Labute approximate surface area is 110 Å². The Morgan fingerprint density at radius 2 is 2.33 bits per heavy atom. The molecular formula is C11H18N2O4S. The van der Waals surface area contributed by atoms with Crippen molar-refractivity contribution in [1.29, 1.82) is 0 Å². The number of carboxylic acid groups (broad SMARTS) is 1. The zero-order valence-electron chi connectivity index (χ0n) is 10.1. The van der Waals surface area contributed by atoms with Crippen molar-refractivity contribution in [2.45, 2.75) is 18.5 Å². The van der Waals surface area contributed by atoms with Crippen LogP contribution in [-0.2, 0) is 14.3 Å². The highest BCUT2D eigenvalue weighted by atomic mass is 32.2. The zero-order chi connectivity index (χ0) is 13.0. The van der Waals surface area contributed by atoms with E-state index in [1.807, 2.05) is 0 Å². The first-order chi connectivity index (χ1) is 8.68. The van der Waals surface area contributed by atoms with Gasteiger partial charge < -0.3 is 20.1 Å². The van der Waals surface area contributed by atoms with E-state index in [9.17, 15) is 9.59 Å². The summed E-state index contributed by atoms with van der Waals surface area (Å²) in [7, 11) is 0. The SMILES string of the molecule is O=C(O)CC1COCCN1C(=O)C1CSCCN1. The quantitative estimate of drug-likeness (QED) is 0.715. The Bertz CT molecular complexity index is 320. The van der Waals surface area contributed by atoms with E-state index in [0.717, 1.165) is 18.1 Å². The predicted octanol–water partition coefficient (Wildman–Crippen LogP) is -0.606. The van der Waals surface area contributed by atoms with Gasteiger partial charge in [0.05, 0.1) is 31.7 Å². The third-order valence-corrected chi connectivity index (χ3v) is 4.20. The molecule has 0 spiro atoms. The van der Waals surface area contributed by atoms with Gasteiger partial charge in [-0.15, -0.1) is 0 Å². The van der Waals surface area contributed by atoms with E-state index in [4.69, 9.17) is 9.84 Å². The molecule has 2 rings (SSSR count). The van der Waals surface area contributed by atoms with Gasteiger partial charge in [-0.3, -0.25) is 9.59 Å². The molecule has 0 saturated carbocycles. The summed E-state index contributed by atoms with van der Waals surface area (Å²) in [5, 5.41) is 12.1. The van der Waals surface area contributed by atoms with Crippen LogP contribution < -0.4 is 5.32 Å². The van der Waals surface area contributed by atoms with Crippen LogP contribution in [0.15, 0.2) is 0 Å². The van der Waals surface area contributed by atoms with Gasteiger partial charge in [-0.1, -0.05) is 0 Å². The highest BCUT2D eigenvalue weighted by Gasteiger charge is 2.33. The molecule has 2 fully saturated rings. The Morgan fingerprint density at radius 3 is 3.00 bits per heavy atom. The molecule has 0 aromatic carbocycles. The van der Waals surface area contributed by atoms with Crippen molar-refractivity contribution in [2.75, 3.05) is 37.8 Å². The number of rotatable bonds is 3. The van der Waals surface area contributed by atoms with Gasteiger partial charge in [0.15, 0.2) is 0 Å². The van der Waals surface area contributed by atoms with E-state index in [1.54, 1.807) is 16.7 Å². The van der Waals surface area contributed by atoms with Gasteiger partial charge in [-0.25, -0.2) is 0 Å². The van der Waals surface area contributed by atoms with Crippen molar-refractivity contribution in [3.05, 3.63) is 0 Å². The monoisotopic (exact) mass is 274 g/mol. The Hall–Kier alpha value is -0.790. The van der Waals surface area contributed by atoms with Crippen LogP contribution in [0.25, 0.3) is 0 Å². The van der Waals surface area contributed by atoms with Gasteiger partial charge in [0.25, 0.3) is 0 Å². The lowest BCUT2D eigenvalue weighted by Crippen LogP contribution is -2.57. The van der Waals surface area contributed by atoms with Crippen LogP contribution in [0.5, 0.6) is 0 Å². The first kappa shape index (κ1) is 13.6. The minimum absolute atomic E-state index is 0.0109. The van der Waals surface area contributed by atoms with Crippen LogP contribution in [0.2, 0.25) is 0 Å². The van der Waals surface area contributed by atoms with E-state index in [-0.39, 0.29) is 24.4 Å². The summed E-state index contributed by atoms with van der Waals surface area (Å²) in [5.74, 6) is 0.896. The maximum absolute atomic E-state index is 12.3. The van der Waals surface area contributed by atoms with E-state index < -0.39 is 5.97 Å². The number of ether oxygens (including phenoxy) is 1. The van der Waals surface area contributed by atoms with Gasteiger partial charge in [-0.05, 0) is 0 Å². The summed E-state index contributed by atoms with van der Waals surface area (Å²) in [5.41, 5.74) is 0. The number of amides is 1. The second-order valence-corrected chi connectivity index (χ2v) is 5.59. The molecule has 0 bridgehead atoms. The van der Waals surface area contributed by atoms with Crippen molar-refractivity contribution in [3.63, 3.8) is 0 Å². The van der Waals surface area contributed by atoms with E-state index in [2.05, 4.69) is 5.32 Å². The molecule has 2 N–H and O–H groups in total. The molecule has 0 radical (unpaired) electrons. The number of hydrogen-bond donors (Lipinski definition) is 2. The Kier molecular flexibility index (Phi) is 4.85. The van der Waals surface area contributed by atoms with E-state index >= 15 is 0 Å². The van der Waals surface area contributed by atoms with Crippen LogP contribution >= 0.6 is 11.8 Å². The lowest BCUT2D eigenvalue weighted by molar-refractivity contribution is -0.147. The molecule has 7 heteroatoms. The predicted molar refractivity (Wildman–Crippen MR) is 67.7 cm³/mol. The zero-order valence-corrected chi connectivity index (χ0v) is 10.9. The lowest BCUT2D eigenvalue weighted by Gasteiger charge is -2.37. The minimum atomic E-state index is -0.894. The minimum Gasteiger partial charge on any atom is -0.481 e. The van der Waals surface area contributed by atoms with Crippen molar-refractivity contribution < 1.29 is 19.4 Å². The number of carbonyl (C=O) groups is 2. The number of nitrogens with one attached hydrogen (secondary N) is 1. The summed E-state index contributed by atoms with van der Waals surface area (Å²) >= 11 is 1.75. The molecule has 2 saturated heterocycles. The number of morpholine rings is 1. The number of carboxylic acids is 1. The highest BCUT2D eigenvalue weighted by molar-refractivity contribution is 7.99. The summed E-state index contributed by atoms with van der Waals surface area (Å²) in [6.45, 7) is 2.12. The molecule has 2 aliphatic heterocycles. The van der Waals surface area contributed by atoms with Gasteiger partial charge in [0.1, 0.15) is 0 Å². The number of carbonyl (C=O) groups excluding carboxylic acids is 1. The largest absolute Gasteiger partial charge is 0.481 e. The van der Waals surface area contributed by atoms with Crippen LogP contribution in [0.3, 0.4) is 0 Å². The average molecular weight is 274 g/mol. The molecule has 0 aliphatic carbocycles. The van der Waals surface area contributed by atoms with Crippen LogP contribution in [0.4, 0.5) is 0 Å². The van der Waals surface area contributed by atoms with E-state index in [1.165, 1.54) is 0 Å². The second kappa shape index (κ2) is 6.40. The highest BCUT2D eigenvalue weighted by Crippen LogP contribution is 2.16. The summed E-state index contributed by atoms with van der Waals surface area (Å²) in [6, 6.07) is -0.518. The fourth-order valence-electron chi connectivity index (χ4n) is 2.24. The first-order valence-corrected chi connectivity index (χ1v) is 7.25. The topological polar surface area (TPSA) is 78.9 Å². The molecular weight excluding hydrogens is 256 g/mol. The molecule has 2 aliphatic rings. The van der Waals surface area contributed by atoms with Crippen LogP contribution in [0.1, 0.15) is 6.42 Å². The average Bonchev–Trinajstić information content (AvgIpc) is 2.39. The van der Waals surface area contributed by atoms with Crippen molar-refractivity contribution in [3.8, 4) is 0 Å². The van der Waals surface area contributed by atoms with Crippen molar-refractivity contribution >= 4 is 23.6 Å². The second-order valence-electron chi connectivity index (χ2n) is 4.44. The third-order valence-electron chi connectivity index (χ3n) is 3.14. The number of aliphatic carboxylic acids is 1. The molecule has 0 aromatic heterocycles. The summed E-state index contributed by atoms with van der Waals surface area (Å²) in [6.07, 6.45) is -0.0500. The molecule has 18 heavy (non-hydrogen) atoms. The smallest absolute Gasteiger partial charge is 0.305 e. The molecule has 2 atom stereocenters. The Balaban J connectivity index is 1.98. The number of nitrogens with zero attached hydrogens (tertiary/aromatic N) is 1. The molecule has 102 valence electrons. The van der Waals surface area contributed by atoms with Gasteiger partial charge in [-0.2, -0.15) is 11.8 Å². The summed E-state index contributed by atoms with van der Waals surface area (Å²) < 4.78 is 5.27. The number of hydrogen-bond acceptors (Lipinski definition) is 5. The van der Waals surface area contributed by atoms with Gasteiger partial charge >= 0.3 is 5.97 Å². The number of thioether (sulfide) groups is 1. The Morgan fingerprint density at radius 1 is 1.50 bits per heavy atom. The maximum Gasteiger partial charge on any atom is 0.305 e. The molecule has 6 nitrogen and oxygen atoms in total. The standard InChI is InChI=1S/C11H18N2O4S/c14-10(15)5-8-6-17-3-2-13(8)11(16)9-7-18-4-1-12-9/h8-9,12H,1-7H2,(H,14,15). The van der Waals surface area contributed by atoms with Crippen molar-refractivity contribution in [1.82, 2.24) is 10.2 Å². The molecule has 0 aromatic rings. The van der Waals surface area contributed by atoms with Gasteiger partial charge in [0.2, 0.25) is 5.91 Å². The normalized spacial score (nSPS) is 29.0. The fraction of sp³-hybridized carbons (Fsp3) is 0.818. The maximum atomic E-state index is 12.3. The third kappa shape index (κ3) is 3.37. The molecule has 1 amide bonds.